The maximum absolute atomic E-state index is 13.5. The number of hydrogen-bond acceptors (Lipinski definition) is 7. The number of benzene rings is 2. The van der Waals surface area contributed by atoms with Crippen LogP contribution in [0.1, 0.15) is 85.6 Å². The molecule has 8 nitrogen and oxygen atoms in total. The van der Waals surface area contributed by atoms with E-state index in [1.807, 2.05) is 43.3 Å². The van der Waals surface area contributed by atoms with Crippen LogP contribution in [0.15, 0.2) is 67.0 Å². The molecule has 2 aromatic heterocycles. The summed E-state index contributed by atoms with van der Waals surface area (Å²) < 4.78 is 12.0. The number of rotatable bonds is 13. The molecule has 2 aromatic carbocycles. The number of amides is 1. The zero-order valence-corrected chi connectivity index (χ0v) is 27.0. The number of carbonyl (C=O) groups is 1. The minimum absolute atomic E-state index is 0.231. The summed E-state index contributed by atoms with van der Waals surface area (Å²) in [5, 5.41) is 3.09. The molecule has 1 aliphatic carbocycles. The number of carbonyl (C=O) groups excluding carboxylic acids is 1. The molecule has 0 radical (unpaired) electrons. The third kappa shape index (κ3) is 8.25. The molecule has 0 saturated heterocycles. The highest BCUT2D eigenvalue weighted by Crippen LogP contribution is 2.37. The maximum Gasteiger partial charge on any atom is 0.255 e. The first-order chi connectivity index (χ1) is 22.0. The van der Waals surface area contributed by atoms with Crippen LogP contribution in [0.5, 0.6) is 17.4 Å². The number of ether oxygens (including phenoxy) is 2. The van der Waals surface area contributed by atoms with Gasteiger partial charge < -0.3 is 19.7 Å². The van der Waals surface area contributed by atoms with Gasteiger partial charge in [0.1, 0.15) is 17.3 Å². The smallest absolute Gasteiger partial charge is 0.255 e. The molecule has 1 aliphatic rings. The van der Waals surface area contributed by atoms with E-state index in [0.29, 0.717) is 34.5 Å². The van der Waals surface area contributed by atoms with Gasteiger partial charge in [0.25, 0.3) is 5.91 Å². The minimum atomic E-state index is -0.231. The van der Waals surface area contributed by atoms with E-state index in [4.69, 9.17) is 14.5 Å². The fourth-order valence-corrected chi connectivity index (χ4v) is 6.00. The number of nitrogens with one attached hydrogen (secondary N) is 1. The average molecular weight is 608 g/mol. The summed E-state index contributed by atoms with van der Waals surface area (Å²) >= 11 is 0. The molecule has 236 valence electrons. The number of aryl methyl sites for hydroxylation is 2. The van der Waals surface area contributed by atoms with Crippen LogP contribution in [0.2, 0.25) is 0 Å². The lowest BCUT2D eigenvalue weighted by molar-refractivity contribution is 0.102. The van der Waals surface area contributed by atoms with Crippen LogP contribution >= 0.6 is 0 Å². The predicted molar refractivity (Wildman–Crippen MR) is 179 cm³/mol. The van der Waals surface area contributed by atoms with Crippen molar-refractivity contribution < 1.29 is 14.3 Å². The Balaban J connectivity index is 1.33. The normalized spacial score (nSPS) is 13.5. The number of anilines is 1. The van der Waals surface area contributed by atoms with Crippen molar-refractivity contribution in [2.75, 3.05) is 32.1 Å². The van der Waals surface area contributed by atoms with E-state index in [1.165, 1.54) is 37.7 Å². The Morgan fingerprint density at radius 3 is 2.56 bits per heavy atom. The van der Waals surface area contributed by atoms with E-state index >= 15 is 0 Å². The van der Waals surface area contributed by atoms with Gasteiger partial charge in [0.2, 0.25) is 5.88 Å². The van der Waals surface area contributed by atoms with E-state index in [2.05, 4.69) is 46.2 Å². The van der Waals surface area contributed by atoms with Crippen molar-refractivity contribution in [3.05, 3.63) is 89.5 Å². The highest BCUT2D eigenvalue weighted by atomic mass is 16.5. The quantitative estimate of drug-likeness (QED) is 0.164. The van der Waals surface area contributed by atoms with Crippen LogP contribution in [0.4, 0.5) is 5.69 Å². The molecule has 0 unspecified atom stereocenters. The molecule has 1 saturated carbocycles. The Labute approximate surface area is 267 Å². The van der Waals surface area contributed by atoms with Crippen molar-refractivity contribution in [1.82, 2.24) is 19.9 Å². The average Bonchev–Trinajstić information content (AvgIpc) is 3.08. The molecule has 0 atom stereocenters. The van der Waals surface area contributed by atoms with Crippen molar-refractivity contribution in [3.8, 4) is 28.6 Å². The second kappa shape index (κ2) is 15.6. The second-order valence-corrected chi connectivity index (χ2v) is 11.7. The van der Waals surface area contributed by atoms with E-state index < -0.39 is 0 Å². The fraction of sp³-hybridized carbons (Fsp3) is 0.405. The van der Waals surface area contributed by atoms with E-state index in [0.717, 1.165) is 55.1 Å². The molecule has 1 fully saturated rings. The fourth-order valence-electron chi connectivity index (χ4n) is 6.00. The Bertz CT molecular complexity index is 1580. The minimum Gasteiger partial charge on any atom is -0.495 e. The van der Waals surface area contributed by atoms with Gasteiger partial charge in [0.15, 0.2) is 0 Å². The summed E-state index contributed by atoms with van der Waals surface area (Å²) in [6, 6.07) is 17.3. The third-order valence-electron chi connectivity index (χ3n) is 8.73. The zero-order valence-electron chi connectivity index (χ0n) is 27.0. The van der Waals surface area contributed by atoms with Crippen molar-refractivity contribution in [2.45, 2.75) is 71.6 Å². The Hall–Kier alpha value is -4.30. The summed E-state index contributed by atoms with van der Waals surface area (Å²) in [6.45, 7) is 9.42. The van der Waals surface area contributed by atoms with Gasteiger partial charge in [-0.2, -0.15) is 0 Å². The first kappa shape index (κ1) is 32.1. The highest BCUT2D eigenvalue weighted by Gasteiger charge is 2.19. The number of hydrogen-bond donors (Lipinski definition) is 1. The molecular formula is C37H45N5O3. The Kier molecular flexibility index (Phi) is 11.1. The summed E-state index contributed by atoms with van der Waals surface area (Å²) in [6.07, 6.45) is 11.4. The van der Waals surface area contributed by atoms with Crippen LogP contribution in [-0.4, -0.2) is 52.5 Å². The van der Waals surface area contributed by atoms with E-state index in [9.17, 15) is 4.79 Å². The zero-order chi connectivity index (χ0) is 31.6. The first-order valence-electron chi connectivity index (χ1n) is 16.3. The van der Waals surface area contributed by atoms with Gasteiger partial charge in [0, 0.05) is 24.4 Å². The lowest BCUT2D eigenvalue weighted by atomic mass is 9.84. The molecule has 0 aliphatic heterocycles. The molecule has 1 amide bonds. The molecule has 45 heavy (non-hydrogen) atoms. The lowest BCUT2D eigenvalue weighted by Gasteiger charge is -2.23. The summed E-state index contributed by atoms with van der Waals surface area (Å²) in [4.78, 5) is 29.8. The molecule has 8 heteroatoms. The van der Waals surface area contributed by atoms with Crippen LogP contribution in [0.25, 0.3) is 11.3 Å². The lowest BCUT2D eigenvalue weighted by Crippen LogP contribution is -2.24. The van der Waals surface area contributed by atoms with Crippen LogP contribution in [-0.2, 0) is 6.42 Å². The van der Waals surface area contributed by atoms with Crippen molar-refractivity contribution in [2.24, 2.45) is 0 Å². The van der Waals surface area contributed by atoms with Gasteiger partial charge in [-0.25, -0.2) is 15.0 Å². The van der Waals surface area contributed by atoms with Gasteiger partial charge in [-0.1, -0.05) is 45.2 Å². The highest BCUT2D eigenvalue weighted by molar-refractivity contribution is 6.05. The van der Waals surface area contributed by atoms with Crippen molar-refractivity contribution in [3.63, 3.8) is 0 Å². The summed E-state index contributed by atoms with van der Waals surface area (Å²) in [5.74, 6) is 2.71. The Morgan fingerprint density at radius 2 is 1.78 bits per heavy atom. The largest absolute Gasteiger partial charge is 0.495 e. The van der Waals surface area contributed by atoms with Gasteiger partial charge >= 0.3 is 0 Å². The van der Waals surface area contributed by atoms with Gasteiger partial charge in [-0.15, -0.1) is 0 Å². The second-order valence-electron chi connectivity index (χ2n) is 11.7. The summed E-state index contributed by atoms with van der Waals surface area (Å²) in [5.41, 5.74) is 4.82. The van der Waals surface area contributed by atoms with Crippen molar-refractivity contribution in [1.29, 1.82) is 0 Å². The number of aromatic nitrogens is 3. The number of nitrogens with zero attached hydrogens (tertiary/aromatic N) is 4. The maximum atomic E-state index is 13.5. The van der Waals surface area contributed by atoms with Crippen LogP contribution in [0.3, 0.4) is 0 Å². The summed E-state index contributed by atoms with van der Waals surface area (Å²) in [7, 11) is 1.63. The van der Waals surface area contributed by atoms with Gasteiger partial charge in [0.05, 0.1) is 24.1 Å². The van der Waals surface area contributed by atoms with Gasteiger partial charge in [-0.3, -0.25) is 4.79 Å². The van der Waals surface area contributed by atoms with E-state index in [1.54, 1.807) is 25.6 Å². The van der Waals surface area contributed by atoms with Gasteiger partial charge in [-0.05, 0) is 105 Å². The standard InChI is InChI=1S/C37H45N5O3/c1-5-42(6-2)23-11-15-35-38-22-20-31(40-35)30-14-10-21-39-37(30)45-34-25-29(17-16-26(34)3)36(43)41-32-24-28(18-19-33(32)44-4)27-12-8-7-9-13-27/h10,14,16-22,24-25,27H,5-9,11-13,15,23H2,1-4H3,(H,41,43). The van der Waals surface area contributed by atoms with E-state index in [-0.39, 0.29) is 5.91 Å². The third-order valence-corrected chi connectivity index (χ3v) is 8.73. The van der Waals surface area contributed by atoms with Crippen LogP contribution < -0.4 is 14.8 Å². The van der Waals surface area contributed by atoms with Crippen LogP contribution in [0, 0.1) is 6.92 Å². The monoisotopic (exact) mass is 607 g/mol. The Morgan fingerprint density at radius 1 is 0.956 bits per heavy atom. The first-order valence-corrected chi connectivity index (χ1v) is 16.3. The molecular weight excluding hydrogens is 562 g/mol. The van der Waals surface area contributed by atoms with Crippen molar-refractivity contribution >= 4 is 11.6 Å². The molecule has 4 aromatic rings. The topological polar surface area (TPSA) is 89.5 Å². The molecule has 2 heterocycles. The molecule has 0 bridgehead atoms. The molecule has 5 rings (SSSR count). The SMILES string of the molecule is CCN(CC)CCCc1nccc(-c2cccnc2Oc2cc(C(=O)Nc3cc(C4CCCCC4)ccc3OC)ccc2C)n1. The number of pyridine rings is 1. The predicted octanol–water partition coefficient (Wildman–Crippen LogP) is 8.22. The molecule has 1 N–H and O–H groups in total. The molecule has 0 spiro atoms. The number of methoxy groups -OCH3 is 1.